The van der Waals surface area contributed by atoms with Crippen LogP contribution in [0.4, 0.5) is 0 Å². The normalized spacial score (nSPS) is 26.2. The van der Waals surface area contributed by atoms with Gasteiger partial charge in [-0.2, -0.15) is 0 Å². The van der Waals surface area contributed by atoms with Crippen LogP contribution in [0.5, 0.6) is 0 Å². The lowest BCUT2D eigenvalue weighted by Gasteiger charge is -2.33. The largest absolute Gasteiger partial charge is 0.466 e. The van der Waals surface area contributed by atoms with Gasteiger partial charge >= 0.3 is 0 Å². The standard InChI is InChI=1S/C16H27NO/c1-5-17-16(14-8-6-11(2)7-9-14)15-10-12(3)18-13(15)4/h10-11,14,16-17H,5-9H2,1-4H3. The van der Waals surface area contributed by atoms with E-state index in [0.717, 1.165) is 29.9 Å². The Morgan fingerprint density at radius 2 is 1.94 bits per heavy atom. The van der Waals surface area contributed by atoms with Crippen molar-refractivity contribution in [3.8, 4) is 0 Å². The van der Waals surface area contributed by atoms with E-state index < -0.39 is 0 Å². The van der Waals surface area contributed by atoms with E-state index >= 15 is 0 Å². The molecule has 0 aromatic carbocycles. The number of aryl methyl sites for hydroxylation is 2. The van der Waals surface area contributed by atoms with Crippen molar-refractivity contribution >= 4 is 0 Å². The van der Waals surface area contributed by atoms with E-state index in [9.17, 15) is 0 Å². The van der Waals surface area contributed by atoms with Gasteiger partial charge in [0.25, 0.3) is 0 Å². The van der Waals surface area contributed by atoms with Crippen molar-refractivity contribution in [1.82, 2.24) is 5.32 Å². The monoisotopic (exact) mass is 249 g/mol. The molecule has 2 nitrogen and oxygen atoms in total. The van der Waals surface area contributed by atoms with Crippen LogP contribution < -0.4 is 5.32 Å². The van der Waals surface area contributed by atoms with Gasteiger partial charge in [0.05, 0.1) is 0 Å². The predicted molar refractivity (Wildman–Crippen MR) is 75.7 cm³/mol. The van der Waals surface area contributed by atoms with E-state index in [1.807, 2.05) is 6.92 Å². The summed E-state index contributed by atoms with van der Waals surface area (Å²) in [6, 6.07) is 2.71. The molecule has 102 valence electrons. The zero-order valence-corrected chi connectivity index (χ0v) is 12.3. The smallest absolute Gasteiger partial charge is 0.105 e. The maximum atomic E-state index is 5.71. The number of furan rings is 1. The van der Waals surface area contributed by atoms with Crippen molar-refractivity contribution in [3.05, 3.63) is 23.2 Å². The quantitative estimate of drug-likeness (QED) is 0.857. The third-order valence-electron chi connectivity index (χ3n) is 4.37. The first-order valence-corrected chi connectivity index (χ1v) is 7.42. The first kappa shape index (κ1) is 13.7. The molecule has 1 aliphatic carbocycles. The first-order chi connectivity index (χ1) is 8.61. The molecule has 2 heteroatoms. The molecule has 1 fully saturated rings. The van der Waals surface area contributed by atoms with Crippen LogP contribution in [0.15, 0.2) is 10.5 Å². The second-order valence-corrected chi connectivity index (χ2v) is 5.92. The summed E-state index contributed by atoms with van der Waals surface area (Å²) in [4.78, 5) is 0. The van der Waals surface area contributed by atoms with Crippen molar-refractivity contribution in [2.75, 3.05) is 6.54 Å². The lowest BCUT2D eigenvalue weighted by atomic mass is 9.77. The fourth-order valence-electron chi connectivity index (χ4n) is 3.33. The molecule has 1 heterocycles. The molecule has 1 aliphatic rings. The summed E-state index contributed by atoms with van der Waals surface area (Å²) in [6.07, 6.45) is 5.45. The zero-order chi connectivity index (χ0) is 13.1. The third-order valence-corrected chi connectivity index (χ3v) is 4.37. The molecule has 18 heavy (non-hydrogen) atoms. The van der Waals surface area contributed by atoms with Gasteiger partial charge in [0.1, 0.15) is 11.5 Å². The van der Waals surface area contributed by atoms with Crippen LogP contribution in [-0.2, 0) is 0 Å². The van der Waals surface area contributed by atoms with Gasteiger partial charge in [-0.3, -0.25) is 0 Å². The van der Waals surface area contributed by atoms with E-state index in [4.69, 9.17) is 4.42 Å². The van der Waals surface area contributed by atoms with Crippen LogP contribution in [0, 0.1) is 25.7 Å². The van der Waals surface area contributed by atoms with Crippen molar-refractivity contribution in [3.63, 3.8) is 0 Å². The molecule has 1 aromatic heterocycles. The second kappa shape index (κ2) is 5.92. The lowest BCUT2D eigenvalue weighted by Crippen LogP contribution is -2.30. The summed E-state index contributed by atoms with van der Waals surface area (Å²) >= 11 is 0. The van der Waals surface area contributed by atoms with Crippen molar-refractivity contribution in [2.24, 2.45) is 11.8 Å². The highest BCUT2D eigenvalue weighted by Crippen LogP contribution is 2.38. The van der Waals surface area contributed by atoms with Crippen LogP contribution in [-0.4, -0.2) is 6.54 Å². The number of nitrogens with one attached hydrogen (secondary N) is 1. The average molecular weight is 249 g/mol. The summed E-state index contributed by atoms with van der Waals surface area (Å²) in [5.74, 6) is 3.82. The number of hydrogen-bond donors (Lipinski definition) is 1. The Morgan fingerprint density at radius 1 is 1.28 bits per heavy atom. The minimum Gasteiger partial charge on any atom is -0.466 e. The molecule has 2 rings (SSSR count). The van der Waals surface area contributed by atoms with Crippen molar-refractivity contribution in [1.29, 1.82) is 0 Å². The van der Waals surface area contributed by atoms with Crippen LogP contribution in [0.3, 0.4) is 0 Å². The molecule has 1 atom stereocenters. The molecule has 1 N–H and O–H groups in total. The second-order valence-electron chi connectivity index (χ2n) is 5.92. The predicted octanol–water partition coefficient (Wildman–Crippen LogP) is 4.37. The minimum atomic E-state index is 0.486. The molecule has 0 radical (unpaired) electrons. The Balaban J connectivity index is 2.15. The maximum Gasteiger partial charge on any atom is 0.105 e. The van der Waals surface area contributed by atoms with Gasteiger partial charge in [-0.25, -0.2) is 0 Å². The molecule has 0 spiro atoms. The molecule has 1 unspecified atom stereocenters. The van der Waals surface area contributed by atoms with Gasteiger partial charge in [0.2, 0.25) is 0 Å². The maximum absolute atomic E-state index is 5.71. The van der Waals surface area contributed by atoms with E-state index in [1.165, 1.54) is 31.2 Å². The third kappa shape index (κ3) is 2.97. The zero-order valence-electron chi connectivity index (χ0n) is 12.3. The Hall–Kier alpha value is -0.760. The molecular weight excluding hydrogens is 222 g/mol. The highest BCUT2D eigenvalue weighted by atomic mass is 16.3. The van der Waals surface area contributed by atoms with Gasteiger partial charge in [0.15, 0.2) is 0 Å². The SMILES string of the molecule is CCNC(c1cc(C)oc1C)C1CCC(C)CC1. The van der Waals surface area contributed by atoms with Gasteiger partial charge < -0.3 is 9.73 Å². The van der Waals surface area contributed by atoms with E-state index in [2.05, 4.69) is 32.2 Å². The Labute approximate surface area is 111 Å². The van der Waals surface area contributed by atoms with Crippen LogP contribution in [0.25, 0.3) is 0 Å². The summed E-state index contributed by atoms with van der Waals surface area (Å²) in [5, 5.41) is 3.68. The van der Waals surface area contributed by atoms with E-state index in [0.29, 0.717) is 6.04 Å². The fraction of sp³-hybridized carbons (Fsp3) is 0.750. The van der Waals surface area contributed by atoms with Crippen LogP contribution in [0.1, 0.15) is 62.7 Å². The highest BCUT2D eigenvalue weighted by molar-refractivity contribution is 5.25. The Kier molecular flexibility index (Phi) is 4.50. The minimum absolute atomic E-state index is 0.486. The molecule has 0 bridgehead atoms. The van der Waals surface area contributed by atoms with Gasteiger partial charge in [-0.15, -0.1) is 0 Å². The summed E-state index contributed by atoms with van der Waals surface area (Å²) in [6.45, 7) is 9.74. The van der Waals surface area contributed by atoms with Gasteiger partial charge in [-0.05, 0) is 51.1 Å². The molecule has 1 saturated carbocycles. The topological polar surface area (TPSA) is 25.2 Å². The van der Waals surface area contributed by atoms with Gasteiger partial charge in [-0.1, -0.05) is 26.7 Å². The molecule has 0 amide bonds. The van der Waals surface area contributed by atoms with Crippen LogP contribution >= 0.6 is 0 Å². The number of rotatable bonds is 4. The highest BCUT2D eigenvalue weighted by Gasteiger charge is 2.28. The van der Waals surface area contributed by atoms with Crippen molar-refractivity contribution < 1.29 is 4.42 Å². The molecule has 0 saturated heterocycles. The molecule has 0 aliphatic heterocycles. The van der Waals surface area contributed by atoms with E-state index in [1.54, 1.807) is 0 Å². The number of hydrogen-bond acceptors (Lipinski definition) is 2. The Bertz CT molecular complexity index is 374. The summed E-state index contributed by atoms with van der Waals surface area (Å²) in [7, 11) is 0. The Morgan fingerprint density at radius 3 is 2.44 bits per heavy atom. The molecule has 1 aromatic rings. The van der Waals surface area contributed by atoms with E-state index in [-0.39, 0.29) is 0 Å². The lowest BCUT2D eigenvalue weighted by molar-refractivity contribution is 0.232. The van der Waals surface area contributed by atoms with Gasteiger partial charge in [0, 0.05) is 11.6 Å². The molecular formula is C16H27NO. The fourth-order valence-corrected chi connectivity index (χ4v) is 3.33. The summed E-state index contributed by atoms with van der Waals surface area (Å²) in [5.41, 5.74) is 1.38. The summed E-state index contributed by atoms with van der Waals surface area (Å²) < 4.78 is 5.71. The van der Waals surface area contributed by atoms with Crippen LogP contribution in [0.2, 0.25) is 0 Å². The van der Waals surface area contributed by atoms with Crippen molar-refractivity contribution in [2.45, 2.75) is 59.4 Å². The average Bonchev–Trinajstić information content (AvgIpc) is 2.67. The first-order valence-electron chi connectivity index (χ1n) is 7.42.